The van der Waals surface area contributed by atoms with Gasteiger partial charge in [-0.25, -0.2) is 4.98 Å². The first-order valence-electron chi connectivity index (χ1n) is 7.61. The normalized spacial score (nSPS) is 17.8. The van der Waals surface area contributed by atoms with E-state index in [4.69, 9.17) is 4.74 Å². The molecular formula is C15H22N4OS. The molecule has 1 atom stereocenters. The Morgan fingerprint density at radius 2 is 2.19 bits per heavy atom. The van der Waals surface area contributed by atoms with Gasteiger partial charge in [0.2, 0.25) is 5.95 Å². The molecule has 1 aliphatic heterocycles. The van der Waals surface area contributed by atoms with Gasteiger partial charge >= 0.3 is 0 Å². The maximum atomic E-state index is 5.45. The molecule has 0 bridgehead atoms. The summed E-state index contributed by atoms with van der Waals surface area (Å²) in [6, 6.07) is 2.48. The minimum absolute atomic E-state index is 0.390. The summed E-state index contributed by atoms with van der Waals surface area (Å²) in [5.74, 6) is 2.29. The summed E-state index contributed by atoms with van der Waals surface area (Å²) in [6.07, 6.45) is 2.23. The number of aromatic nitrogens is 2. The van der Waals surface area contributed by atoms with Crippen LogP contribution in [0.2, 0.25) is 0 Å². The van der Waals surface area contributed by atoms with E-state index in [1.165, 1.54) is 0 Å². The number of hydrogen-bond acceptors (Lipinski definition) is 6. The van der Waals surface area contributed by atoms with Crippen molar-refractivity contribution >= 4 is 33.3 Å². The Labute approximate surface area is 129 Å². The summed E-state index contributed by atoms with van der Waals surface area (Å²) in [5, 5.41) is 9.99. The first-order valence-corrected chi connectivity index (χ1v) is 8.49. The van der Waals surface area contributed by atoms with Crippen molar-refractivity contribution in [3.63, 3.8) is 0 Å². The summed E-state index contributed by atoms with van der Waals surface area (Å²) < 4.78 is 5.45. The highest BCUT2D eigenvalue weighted by Gasteiger charge is 2.21. The van der Waals surface area contributed by atoms with Crippen LogP contribution >= 0.6 is 11.3 Å². The number of thiophene rings is 1. The van der Waals surface area contributed by atoms with E-state index in [0.717, 1.165) is 48.6 Å². The zero-order valence-electron chi connectivity index (χ0n) is 12.6. The molecule has 1 fully saturated rings. The SMILES string of the molecule is CCNc1nc(NC(C)C2CCOCC2)c2ccsc2n1. The van der Waals surface area contributed by atoms with E-state index >= 15 is 0 Å². The first kappa shape index (κ1) is 14.5. The average Bonchev–Trinajstić information content (AvgIpc) is 2.97. The fourth-order valence-corrected chi connectivity index (χ4v) is 3.52. The maximum absolute atomic E-state index is 5.45. The lowest BCUT2D eigenvalue weighted by atomic mass is 9.93. The van der Waals surface area contributed by atoms with Crippen molar-refractivity contribution < 1.29 is 4.74 Å². The van der Waals surface area contributed by atoms with Gasteiger partial charge < -0.3 is 15.4 Å². The van der Waals surface area contributed by atoms with Gasteiger partial charge in [0.05, 0.1) is 5.39 Å². The summed E-state index contributed by atoms with van der Waals surface area (Å²) in [7, 11) is 0. The van der Waals surface area contributed by atoms with E-state index in [9.17, 15) is 0 Å². The number of ether oxygens (including phenoxy) is 1. The van der Waals surface area contributed by atoms with Gasteiger partial charge in [0, 0.05) is 25.8 Å². The molecule has 0 radical (unpaired) electrons. The Balaban J connectivity index is 1.82. The van der Waals surface area contributed by atoms with Crippen LogP contribution in [0.1, 0.15) is 26.7 Å². The van der Waals surface area contributed by atoms with E-state index in [1.54, 1.807) is 11.3 Å². The second kappa shape index (κ2) is 6.58. The van der Waals surface area contributed by atoms with Crippen molar-refractivity contribution in [1.29, 1.82) is 0 Å². The van der Waals surface area contributed by atoms with Gasteiger partial charge in [-0.3, -0.25) is 0 Å². The lowest BCUT2D eigenvalue weighted by Gasteiger charge is -2.28. The van der Waals surface area contributed by atoms with Crippen LogP contribution in [0.4, 0.5) is 11.8 Å². The molecule has 6 heteroatoms. The molecule has 0 saturated carbocycles. The fraction of sp³-hybridized carbons (Fsp3) is 0.600. The minimum Gasteiger partial charge on any atom is -0.381 e. The first-order chi connectivity index (χ1) is 10.3. The maximum Gasteiger partial charge on any atom is 0.226 e. The van der Waals surface area contributed by atoms with E-state index in [2.05, 4.69) is 45.9 Å². The third kappa shape index (κ3) is 3.27. The molecule has 0 aromatic carbocycles. The monoisotopic (exact) mass is 306 g/mol. The highest BCUT2D eigenvalue weighted by molar-refractivity contribution is 7.16. The number of fused-ring (bicyclic) bond motifs is 1. The molecule has 1 aliphatic rings. The Morgan fingerprint density at radius 1 is 1.38 bits per heavy atom. The van der Waals surface area contributed by atoms with Gasteiger partial charge in [0.15, 0.2) is 0 Å². The van der Waals surface area contributed by atoms with Crippen LogP contribution in [0.5, 0.6) is 0 Å². The standard InChI is InChI=1S/C15H22N4OS/c1-3-16-15-18-13(12-6-9-21-14(12)19-15)17-10(2)11-4-7-20-8-5-11/h6,9-11H,3-5,7-8H2,1-2H3,(H2,16,17,18,19). The number of nitrogens with one attached hydrogen (secondary N) is 2. The quantitative estimate of drug-likeness (QED) is 0.887. The van der Waals surface area contributed by atoms with E-state index in [-0.39, 0.29) is 0 Å². The zero-order chi connectivity index (χ0) is 14.7. The van der Waals surface area contributed by atoms with Gasteiger partial charge in [-0.2, -0.15) is 4.98 Å². The van der Waals surface area contributed by atoms with E-state index in [1.807, 2.05) is 0 Å². The van der Waals surface area contributed by atoms with Crippen molar-refractivity contribution in [3.8, 4) is 0 Å². The lowest BCUT2D eigenvalue weighted by molar-refractivity contribution is 0.0622. The molecule has 0 aliphatic carbocycles. The highest BCUT2D eigenvalue weighted by Crippen LogP contribution is 2.29. The topological polar surface area (TPSA) is 59.1 Å². The Bertz CT molecular complexity index is 594. The molecular weight excluding hydrogens is 284 g/mol. The van der Waals surface area contributed by atoms with Crippen LogP contribution in [-0.4, -0.2) is 35.8 Å². The largest absolute Gasteiger partial charge is 0.381 e. The number of anilines is 2. The van der Waals surface area contributed by atoms with Crippen LogP contribution in [0.3, 0.4) is 0 Å². The summed E-state index contributed by atoms with van der Waals surface area (Å²) in [5.41, 5.74) is 0. The van der Waals surface area contributed by atoms with Crippen molar-refractivity contribution in [1.82, 2.24) is 9.97 Å². The van der Waals surface area contributed by atoms with Crippen LogP contribution < -0.4 is 10.6 Å². The molecule has 1 saturated heterocycles. The molecule has 2 aromatic rings. The van der Waals surface area contributed by atoms with Crippen molar-refractivity contribution in [2.75, 3.05) is 30.4 Å². The van der Waals surface area contributed by atoms with Gasteiger partial charge in [0.1, 0.15) is 10.6 Å². The van der Waals surface area contributed by atoms with Crippen molar-refractivity contribution in [2.45, 2.75) is 32.7 Å². The summed E-state index contributed by atoms with van der Waals surface area (Å²) >= 11 is 1.65. The molecule has 0 amide bonds. The van der Waals surface area contributed by atoms with Gasteiger partial charge in [-0.05, 0) is 44.1 Å². The Morgan fingerprint density at radius 3 is 2.95 bits per heavy atom. The van der Waals surface area contributed by atoms with Crippen molar-refractivity contribution in [2.24, 2.45) is 5.92 Å². The molecule has 1 unspecified atom stereocenters. The van der Waals surface area contributed by atoms with Crippen LogP contribution in [-0.2, 0) is 4.74 Å². The third-order valence-corrected chi connectivity index (χ3v) is 4.80. The molecule has 21 heavy (non-hydrogen) atoms. The van der Waals surface area contributed by atoms with E-state index in [0.29, 0.717) is 17.9 Å². The minimum atomic E-state index is 0.390. The average molecular weight is 306 g/mol. The Hall–Kier alpha value is -1.40. The number of nitrogens with zero attached hydrogens (tertiary/aromatic N) is 2. The fourth-order valence-electron chi connectivity index (χ4n) is 2.75. The smallest absolute Gasteiger partial charge is 0.226 e. The number of rotatable bonds is 5. The van der Waals surface area contributed by atoms with Crippen LogP contribution in [0.15, 0.2) is 11.4 Å². The number of hydrogen-bond donors (Lipinski definition) is 2. The van der Waals surface area contributed by atoms with Crippen molar-refractivity contribution in [3.05, 3.63) is 11.4 Å². The molecule has 3 heterocycles. The predicted molar refractivity (Wildman–Crippen MR) is 88.2 cm³/mol. The van der Waals surface area contributed by atoms with Crippen LogP contribution in [0, 0.1) is 5.92 Å². The van der Waals surface area contributed by atoms with Crippen LogP contribution in [0.25, 0.3) is 10.2 Å². The van der Waals surface area contributed by atoms with E-state index < -0.39 is 0 Å². The lowest BCUT2D eigenvalue weighted by Crippen LogP contribution is -2.31. The molecule has 114 valence electrons. The highest BCUT2D eigenvalue weighted by atomic mass is 32.1. The zero-order valence-corrected chi connectivity index (χ0v) is 13.4. The van der Waals surface area contributed by atoms with Gasteiger partial charge in [0.25, 0.3) is 0 Å². The molecule has 3 rings (SSSR count). The predicted octanol–water partition coefficient (Wildman–Crippen LogP) is 3.35. The van der Waals surface area contributed by atoms with Gasteiger partial charge in [-0.15, -0.1) is 11.3 Å². The summed E-state index contributed by atoms with van der Waals surface area (Å²) in [4.78, 5) is 10.2. The Kier molecular flexibility index (Phi) is 4.55. The molecule has 0 spiro atoms. The summed E-state index contributed by atoms with van der Waals surface area (Å²) in [6.45, 7) is 6.86. The second-order valence-corrected chi connectivity index (χ2v) is 6.34. The molecule has 2 aromatic heterocycles. The molecule has 2 N–H and O–H groups in total. The van der Waals surface area contributed by atoms with Gasteiger partial charge in [-0.1, -0.05) is 0 Å². The third-order valence-electron chi connectivity index (χ3n) is 4.00. The second-order valence-electron chi connectivity index (χ2n) is 5.45. The molecule has 5 nitrogen and oxygen atoms in total.